The molecule has 7 nitrogen and oxygen atoms in total. The van der Waals surface area contributed by atoms with Gasteiger partial charge in [0.05, 0.1) is 18.5 Å². The Kier molecular flexibility index (Phi) is 6.43. The van der Waals surface area contributed by atoms with Gasteiger partial charge in [0.1, 0.15) is 5.75 Å². The van der Waals surface area contributed by atoms with E-state index in [4.69, 9.17) is 16.3 Å². The minimum Gasteiger partial charge on any atom is -0.495 e. The number of thiazole rings is 1. The second-order valence-electron chi connectivity index (χ2n) is 7.13. The van der Waals surface area contributed by atoms with Crippen molar-refractivity contribution in [2.75, 3.05) is 12.4 Å². The zero-order valence-electron chi connectivity index (χ0n) is 17.5. The SMILES string of the molecule is COc1ccc(Cl)cc1NC(=O)CCc1c(C)[nH]n(-c2nc(-c3ccccc3)cs2)c1=O. The Morgan fingerprint density at radius 2 is 2.03 bits per heavy atom. The van der Waals surface area contributed by atoms with E-state index in [9.17, 15) is 9.59 Å². The van der Waals surface area contributed by atoms with E-state index in [-0.39, 0.29) is 17.9 Å². The average Bonchev–Trinajstić information content (AvgIpc) is 3.38. The van der Waals surface area contributed by atoms with Crippen molar-refractivity contribution in [1.82, 2.24) is 14.8 Å². The van der Waals surface area contributed by atoms with Gasteiger partial charge in [0.2, 0.25) is 11.0 Å². The second-order valence-corrected chi connectivity index (χ2v) is 8.40. The van der Waals surface area contributed by atoms with Gasteiger partial charge in [0.25, 0.3) is 5.56 Å². The summed E-state index contributed by atoms with van der Waals surface area (Å²) in [5, 5.41) is 8.83. The minimum absolute atomic E-state index is 0.136. The van der Waals surface area contributed by atoms with E-state index in [1.165, 1.54) is 23.1 Å². The fraction of sp³-hybridized carbons (Fsp3) is 0.174. The molecule has 0 aliphatic rings. The lowest BCUT2D eigenvalue weighted by Crippen LogP contribution is -2.19. The molecule has 4 aromatic rings. The second kappa shape index (κ2) is 9.42. The number of hydrogen-bond donors (Lipinski definition) is 2. The van der Waals surface area contributed by atoms with Crippen LogP contribution in [-0.4, -0.2) is 27.8 Å². The van der Waals surface area contributed by atoms with Crippen molar-refractivity contribution in [3.05, 3.63) is 80.5 Å². The molecule has 0 aliphatic carbocycles. The Labute approximate surface area is 193 Å². The quantitative estimate of drug-likeness (QED) is 0.406. The van der Waals surface area contributed by atoms with Crippen molar-refractivity contribution in [2.45, 2.75) is 19.8 Å². The number of H-pyrrole nitrogens is 1. The van der Waals surface area contributed by atoms with Crippen LogP contribution in [0.25, 0.3) is 16.4 Å². The van der Waals surface area contributed by atoms with E-state index in [0.717, 1.165) is 11.3 Å². The topological polar surface area (TPSA) is 89.0 Å². The molecule has 0 atom stereocenters. The number of rotatable bonds is 7. The Balaban J connectivity index is 1.48. The van der Waals surface area contributed by atoms with Gasteiger partial charge < -0.3 is 10.1 Å². The monoisotopic (exact) mass is 468 g/mol. The molecule has 2 heterocycles. The Bertz CT molecular complexity index is 1310. The van der Waals surface area contributed by atoms with E-state index >= 15 is 0 Å². The molecule has 0 spiro atoms. The fourth-order valence-corrected chi connectivity index (χ4v) is 4.31. The van der Waals surface area contributed by atoms with E-state index < -0.39 is 0 Å². The molecule has 0 saturated carbocycles. The van der Waals surface area contributed by atoms with Crippen LogP contribution >= 0.6 is 22.9 Å². The smallest absolute Gasteiger partial charge is 0.276 e. The summed E-state index contributed by atoms with van der Waals surface area (Å²) in [6, 6.07) is 14.8. The van der Waals surface area contributed by atoms with Crippen LogP contribution in [-0.2, 0) is 11.2 Å². The third-order valence-electron chi connectivity index (χ3n) is 4.98. The number of carbonyl (C=O) groups excluding carboxylic acids is 1. The number of halogens is 1. The van der Waals surface area contributed by atoms with E-state index in [1.54, 1.807) is 18.2 Å². The molecule has 2 aromatic heterocycles. The van der Waals surface area contributed by atoms with Crippen molar-refractivity contribution >= 4 is 34.5 Å². The highest BCUT2D eigenvalue weighted by atomic mass is 35.5. The number of aryl methyl sites for hydroxylation is 1. The average molecular weight is 469 g/mol. The Hall–Kier alpha value is -3.36. The summed E-state index contributed by atoms with van der Waals surface area (Å²) in [6.45, 7) is 1.82. The van der Waals surface area contributed by atoms with Crippen molar-refractivity contribution < 1.29 is 9.53 Å². The van der Waals surface area contributed by atoms with Gasteiger partial charge in [-0.2, -0.15) is 4.68 Å². The third-order valence-corrected chi connectivity index (χ3v) is 6.04. The highest BCUT2D eigenvalue weighted by Gasteiger charge is 2.17. The van der Waals surface area contributed by atoms with E-state index in [1.807, 2.05) is 42.6 Å². The van der Waals surface area contributed by atoms with Gasteiger partial charge in [0.15, 0.2) is 0 Å². The number of ether oxygens (including phenoxy) is 1. The molecule has 4 rings (SSSR count). The first-order valence-electron chi connectivity index (χ1n) is 9.91. The summed E-state index contributed by atoms with van der Waals surface area (Å²) in [4.78, 5) is 30.1. The Morgan fingerprint density at radius 1 is 1.25 bits per heavy atom. The van der Waals surface area contributed by atoms with Crippen LogP contribution in [0, 0.1) is 6.92 Å². The van der Waals surface area contributed by atoms with Crippen LogP contribution in [0.1, 0.15) is 17.7 Å². The van der Waals surface area contributed by atoms with Gasteiger partial charge in [-0.3, -0.25) is 14.7 Å². The summed E-state index contributed by atoms with van der Waals surface area (Å²) in [6.07, 6.45) is 0.427. The molecule has 9 heteroatoms. The maximum atomic E-state index is 13.0. The normalized spacial score (nSPS) is 10.8. The summed E-state index contributed by atoms with van der Waals surface area (Å²) >= 11 is 7.39. The number of hydrogen-bond acceptors (Lipinski definition) is 5. The number of nitrogens with one attached hydrogen (secondary N) is 2. The van der Waals surface area contributed by atoms with E-state index in [0.29, 0.717) is 39.3 Å². The molecule has 164 valence electrons. The zero-order chi connectivity index (χ0) is 22.7. The molecule has 0 fully saturated rings. The lowest BCUT2D eigenvalue weighted by atomic mass is 10.1. The molecule has 2 aromatic carbocycles. The van der Waals surface area contributed by atoms with Gasteiger partial charge in [-0.15, -0.1) is 11.3 Å². The third kappa shape index (κ3) is 4.61. The summed E-state index contributed by atoms with van der Waals surface area (Å²) < 4.78 is 6.68. The number of aromatic amines is 1. The molecule has 1 amide bonds. The van der Waals surface area contributed by atoms with Crippen LogP contribution in [0.3, 0.4) is 0 Å². The lowest BCUT2D eigenvalue weighted by Gasteiger charge is -2.10. The molecular weight excluding hydrogens is 448 g/mol. The maximum Gasteiger partial charge on any atom is 0.276 e. The Morgan fingerprint density at radius 3 is 2.78 bits per heavy atom. The summed E-state index contributed by atoms with van der Waals surface area (Å²) in [5.74, 6) is 0.277. The molecule has 32 heavy (non-hydrogen) atoms. The zero-order valence-corrected chi connectivity index (χ0v) is 19.1. The first-order chi connectivity index (χ1) is 15.5. The van der Waals surface area contributed by atoms with Crippen LogP contribution < -0.4 is 15.6 Å². The number of methoxy groups -OCH3 is 1. The number of anilines is 1. The molecule has 0 saturated heterocycles. The van der Waals surface area contributed by atoms with Gasteiger partial charge >= 0.3 is 0 Å². The predicted molar refractivity (Wildman–Crippen MR) is 127 cm³/mol. The van der Waals surface area contributed by atoms with Crippen molar-refractivity contribution in [3.63, 3.8) is 0 Å². The van der Waals surface area contributed by atoms with Crippen molar-refractivity contribution in [3.8, 4) is 22.1 Å². The summed E-state index contributed by atoms with van der Waals surface area (Å²) in [5.41, 5.74) is 3.34. The molecule has 0 unspecified atom stereocenters. The number of carbonyl (C=O) groups is 1. The van der Waals surface area contributed by atoms with Gasteiger partial charge in [-0.25, -0.2) is 4.98 Å². The van der Waals surface area contributed by atoms with Gasteiger partial charge in [0, 0.05) is 33.6 Å². The van der Waals surface area contributed by atoms with Crippen LogP contribution in [0.4, 0.5) is 5.69 Å². The number of nitrogens with zero attached hydrogens (tertiary/aromatic N) is 2. The molecular formula is C23H21ClN4O3S. The summed E-state index contributed by atoms with van der Waals surface area (Å²) in [7, 11) is 1.52. The number of amides is 1. The molecule has 2 N–H and O–H groups in total. The van der Waals surface area contributed by atoms with Gasteiger partial charge in [-0.1, -0.05) is 41.9 Å². The number of aromatic nitrogens is 3. The van der Waals surface area contributed by atoms with Crippen LogP contribution in [0.15, 0.2) is 58.7 Å². The van der Waals surface area contributed by atoms with Crippen molar-refractivity contribution in [2.24, 2.45) is 0 Å². The highest BCUT2D eigenvalue weighted by Crippen LogP contribution is 2.28. The van der Waals surface area contributed by atoms with Crippen LogP contribution in [0.5, 0.6) is 5.75 Å². The molecule has 0 aliphatic heterocycles. The van der Waals surface area contributed by atoms with Crippen LogP contribution in [0.2, 0.25) is 5.02 Å². The highest BCUT2D eigenvalue weighted by molar-refractivity contribution is 7.12. The standard InChI is InChI=1S/C23H21ClN4O3S/c1-14-17(9-11-21(29)25-18-12-16(24)8-10-20(18)31-2)22(30)28(27-14)23-26-19(13-32-23)15-6-4-3-5-7-15/h3-8,10,12-13,27H,9,11H2,1-2H3,(H,25,29). The maximum absolute atomic E-state index is 13.0. The predicted octanol–water partition coefficient (Wildman–Crippen LogP) is 4.83. The minimum atomic E-state index is -0.238. The first-order valence-corrected chi connectivity index (χ1v) is 11.2. The van der Waals surface area contributed by atoms with Crippen molar-refractivity contribution in [1.29, 1.82) is 0 Å². The first kappa shape index (κ1) is 21.9. The lowest BCUT2D eigenvalue weighted by molar-refractivity contribution is -0.116. The van der Waals surface area contributed by atoms with Gasteiger partial charge in [-0.05, 0) is 31.5 Å². The fourth-order valence-electron chi connectivity index (χ4n) is 3.35. The number of benzene rings is 2. The van der Waals surface area contributed by atoms with E-state index in [2.05, 4.69) is 15.4 Å². The molecule has 0 bridgehead atoms. The largest absolute Gasteiger partial charge is 0.495 e. The molecule has 0 radical (unpaired) electrons.